The Kier molecular flexibility index (Phi) is 6.67. The Hall–Kier alpha value is -2.00. The molecule has 0 spiro atoms. The lowest BCUT2D eigenvalue weighted by molar-refractivity contribution is -0.143. The van der Waals surface area contributed by atoms with Gasteiger partial charge in [0.25, 0.3) is 5.91 Å². The van der Waals surface area contributed by atoms with Crippen LogP contribution in [0.25, 0.3) is 0 Å². The first-order valence-corrected chi connectivity index (χ1v) is 9.26. The summed E-state index contributed by atoms with van der Waals surface area (Å²) in [6, 6.07) is 2.30. The first kappa shape index (κ1) is 21.0. The summed E-state index contributed by atoms with van der Waals surface area (Å²) in [5, 5.41) is 4.97. The molecule has 1 amide bonds. The molecule has 0 saturated heterocycles. The molecule has 0 aliphatic carbocycles. The Morgan fingerprint density at radius 3 is 2.08 bits per heavy atom. The molecule has 2 N–H and O–H groups in total. The van der Waals surface area contributed by atoms with Crippen molar-refractivity contribution in [2.45, 2.75) is 57.7 Å². The van der Waals surface area contributed by atoms with Gasteiger partial charge in [-0.1, -0.05) is 0 Å². The highest BCUT2D eigenvalue weighted by Gasteiger charge is 2.29. The smallest absolute Gasteiger partial charge is 0.341 e. The number of carbonyl (C=O) groups excluding carboxylic acids is 2. The number of sulfonamides is 1. The average Bonchev–Trinajstić information content (AvgIpc) is 2.45. The van der Waals surface area contributed by atoms with E-state index in [0.717, 1.165) is 18.2 Å². The number of carbonyl (C=O) groups is 2. The van der Waals surface area contributed by atoms with Crippen molar-refractivity contribution in [2.75, 3.05) is 0 Å². The summed E-state index contributed by atoms with van der Waals surface area (Å²) in [7, 11) is -4.11. The van der Waals surface area contributed by atoms with Gasteiger partial charge in [-0.2, -0.15) is 0 Å². The molecule has 0 heterocycles. The number of hydrogen-bond acceptors (Lipinski definition) is 5. The topological polar surface area (TPSA) is 107 Å². The van der Waals surface area contributed by atoms with Crippen molar-refractivity contribution < 1.29 is 27.1 Å². The number of amides is 1. The van der Waals surface area contributed by atoms with Crippen LogP contribution in [0.4, 0.5) is 4.39 Å². The molecule has 0 aliphatic heterocycles. The molecule has 0 saturated carbocycles. The molecule has 0 unspecified atom stereocenters. The Morgan fingerprint density at radius 1 is 1.12 bits per heavy atom. The van der Waals surface area contributed by atoms with E-state index in [1.165, 1.54) is 11.8 Å². The van der Waals surface area contributed by atoms with Crippen LogP contribution in [0.5, 0.6) is 0 Å². The third-order valence-electron chi connectivity index (χ3n) is 3.49. The number of primary sulfonamides is 1. The zero-order chi connectivity index (χ0) is 19.5. The zero-order valence-electron chi connectivity index (χ0n) is 14.8. The molecular formula is C16H23FN2O5S. The van der Waals surface area contributed by atoms with Crippen molar-refractivity contribution >= 4 is 21.9 Å². The molecule has 0 aromatic heterocycles. The van der Waals surface area contributed by atoms with E-state index in [2.05, 4.69) is 0 Å². The van der Waals surface area contributed by atoms with Crippen LogP contribution in [0.2, 0.25) is 0 Å². The minimum atomic E-state index is -4.11. The van der Waals surface area contributed by atoms with Crippen molar-refractivity contribution in [2.24, 2.45) is 5.14 Å². The molecule has 1 aromatic carbocycles. The van der Waals surface area contributed by atoms with Gasteiger partial charge in [0.1, 0.15) is 5.82 Å². The molecule has 1 aromatic rings. The van der Waals surface area contributed by atoms with Crippen LogP contribution in [0.15, 0.2) is 23.1 Å². The quantitative estimate of drug-likeness (QED) is 0.762. The van der Waals surface area contributed by atoms with Crippen LogP contribution in [0, 0.1) is 5.82 Å². The van der Waals surface area contributed by atoms with E-state index in [0.29, 0.717) is 0 Å². The molecule has 7 nitrogen and oxygen atoms in total. The highest BCUT2D eigenvalue weighted by Crippen LogP contribution is 2.17. The van der Waals surface area contributed by atoms with E-state index in [4.69, 9.17) is 9.88 Å². The van der Waals surface area contributed by atoms with Crippen molar-refractivity contribution in [3.05, 3.63) is 29.6 Å². The van der Waals surface area contributed by atoms with Crippen molar-refractivity contribution in [3.8, 4) is 0 Å². The fourth-order valence-electron chi connectivity index (χ4n) is 2.43. The highest BCUT2D eigenvalue weighted by molar-refractivity contribution is 7.89. The summed E-state index contributed by atoms with van der Waals surface area (Å²) >= 11 is 0. The fraction of sp³-hybridized carbons (Fsp3) is 0.500. The summed E-state index contributed by atoms with van der Waals surface area (Å²) < 4.78 is 41.5. The van der Waals surface area contributed by atoms with Crippen LogP contribution in [0.3, 0.4) is 0 Å². The lowest BCUT2D eigenvalue weighted by Gasteiger charge is -2.32. The normalized spacial score (nSPS) is 13.0. The predicted octanol–water partition coefficient (Wildman–Crippen LogP) is 1.66. The van der Waals surface area contributed by atoms with Crippen molar-refractivity contribution in [1.29, 1.82) is 0 Å². The van der Waals surface area contributed by atoms with Crippen LogP contribution >= 0.6 is 0 Å². The third kappa shape index (κ3) is 5.23. The molecular weight excluding hydrogens is 351 g/mol. The van der Waals surface area contributed by atoms with Gasteiger partial charge in [0, 0.05) is 12.1 Å². The van der Waals surface area contributed by atoms with Gasteiger partial charge in [-0.25, -0.2) is 22.7 Å². The monoisotopic (exact) mass is 374 g/mol. The number of esters is 1. The summed E-state index contributed by atoms with van der Waals surface area (Å²) in [5.41, 5.74) is -0.605. The van der Waals surface area contributed by atoms with Crippen molar-refractivity contribution in [3.63, 3.8) is 0 Å². The van der Waals surface area contributed by atoms with Crippen LogP contribution in [0.1, 0.15) is 45.0 Å². The molecule has 1 atom stereocenters. The Morgan fingerprint density at radius 2 is 1.64 bits per heavy atom. The molecule has 140 valence electrons. The van der Waals surface area contributed by atoms with Crippen molar-refractivity contribution in [1.82, 2.24) is 4.90 Å². The van der Waals surface area contributed by atoms with Gasteiger partial charge in [-0.15, -0.1) is 0 Å². The third-order valence-corrected chi connectivity index (χ3v) is 4.40. The van der Waals surface area contributed by atoms with E-state index in [1.807, 2.05) is 27.7 Å². The van der Waals surface area contributed by atoms with Gasteiger partial charge in [0.2, 0.25) is 10.0 Å². The molecule has 0 bridgehead atoms. The summed E-state index contributed by atoms with van der Waals surface area (Å²) in [6.07, 6.45) is -1.16. The summed E-state index contributed by atoms with van der Waals surface area (Å²) in [4.78, 5) is 25.7. The van der Waals surface area contributed by atoms with E-state index in [9.17, 15) is 22.4 Å². The second-order valence-electron chi connectivity index (χ2n) is 6.17. The summed E-state index contributed by atoms with van der Waals surface area (Å²) in [6.45, 7) is 8.66. The summed E-state index contributed by atoms with van der Waals surface area (Å²) in [5.74, 6) is -2.54. The van der Waals surface area contributed by atoms with E-state index < -0.39 is 44.3 Å². The first-order chi connectivity index (χ1) is 11.4. The molecule has 0 radical (unpaired) electrons. The Bertz CT molecular complexity index is 754. The predicted molar refractivity (Wildman–Crippen MR) is 89.8 cm³/mol. The molecule has 0 fully saturated rings. The SMILES string of the molecule is CC(C)N(C(=O)[C@@H](C)OC(=O)c1cc(S(N)(=O)=O)ccc1F)C(C)C. The molecule has 9 heteroatoms. The maximum atomic E-state index is 13.8. The van der Waals surface area contributed by atoms with Gasteiger partial charge in [0.15, 0.2) is 6.10 Å². The van der Waals surface area contributed by atoms with Gasteiger partial charge >= 0.3 is 5.97 Å². The maximum absolute atomic E-state index is 13.8. The van der Waals surface area contributed by atoms with Crippen LogP contribution in [-0.2, 0) is 19.6 Å². The van der Waals surface area contributed by atoms with E-state index in [1.54, 1.807) is 0 Å². The second-order valence-corrected chi connectivity index (χ2v) is 7.73. The molecule has 1 rings (SSSR count). The molecule has 25 heavy (non-hydrogen) atoms. The van der Waals surface area contributed by atoms with E-state index >= 15 is 0 Å². The second kappa shape index (κ2) is 7.92. The zero-order valence-corrected chi connectivity index (χ0v) is 15.6. The van der Waals surface area contributed by atoms with Gasteiger partial charge < -0.3 is 9.64 Å². The number of nitrogens with zero attached hydrogens (tertiary/aromatic N) is 1. The average molecular weight is 374 g/mol. The lowest BCUT2D eigenvalue weighted by atomic mass is 10.2. The number of ether oxygens (including phenoxy) is 1. The maximum Gasteiger partial charge on any atom is 0.341 e. The van der Waals surface area contributed by atoms with Crippen LogP contribution in [-0.4, -0.2) is 43.4 Å². The Balaban J connectivity index is 3.04. The van der Waals surface area contributed by atoms with E-state index in [-0.39, 0.29) is 12.1 Å². The number of benzene rings is 1. The lowest BCUT2D eigenvalue weighted by Crippen LogP contribution is -2.47. The Labute approximate surface area is 147 Å². The molecule has 0 aliphatic rings. The van der Waals surface area contributed by atoms with Gasteiger partial charge in [-0.3, -0.25) is 4.79 Å². The van der Waals surface area contributed by atoms with Gasteiger partial charge in [-0.05, 0) is 52.8 Å². The minimum absolute atomic E-state index is 0.115. The van der Waals surface area contributed by atoms with Gasteiger partial charge in [0.05, 0.1) is 10.5 Å². The minimum Gasteiger partial charge on any atom is -0.449 e. The standard InChI is InChI=1S/C16H23FN2O5S/c1-9(2)19(10(3)4)15(20)11(5)24-16(21)13-8-12(25(18,22)23)6-7-14(13)17/h6-11H,1-5H3,(H2,18,22,23)/t11-/m1/s1. The first-order valence-electron chi connectivity index (χ1n) is 7.71. The largest absolute Gasteiger partial charge is 0.449 e. The number of nitrogens with two attached hydrogens (primary N) is 1. The number of hydrogen-bond donors (Lipinski definition) is 1. The highest BCUT2D eigenvalue weighted by atomic mass is 32.2. The fourth-order valence-corrected chi connectivity index (χ4v) is 2.97. The number of halogens is 1. The van der Waals surface area contributed by atoms with Crippen LogP contribution < -0.4 is 5.14 Å². The number of rotatable bonds is 6.